The highest BCUT2D eigenvalue weighted by molar-refractivity contribution is 9.10. The molecule has 1 atom stereocenters. The van der Waals surface area contributed by atoms with Crippen LogP contribution in [-0.4, -0.2) is 26.8 Å². The number of para-hydroxylation sites is 1. The maximum atomic E-state index is 12.7. The van der Waals surface area contributed by atoms with E-state index in [2.05, 4.69) is 31.7 Å². The van der Waals surface area contributed by atoms with E-state index in [9.17, 15) is 14.7 Å². The first-order valence-electron chi connectivity index (χ1n) is 8.44. The second kappa shape index (κ2) is 7.32. The largest absolute Gasteiger partial charge is 0.477 e. The lowest BCUT2D eigenvalue weighted by atomic mass is 10.0. The van der Waals surface area contributed by atoms with Gasteiger partial charge in [0.15, 0.2) is 0 Å². The summed E-state index contributed by atoms with van der Waals surface area (Å²) in [4.78, 5) is 24.4. The fraction of sp³-hybridized carbons (Fsp3) is 0.0500. The Bertz CT molecular complexity index is 1070. The maximum absolute atomic E-state index is 12.7. The van der Waals surface area contributed by atoms with Crippen molar-refractivity contribution in [3.63, 3.8) is 0 Å². The highest BCUT2D eigenvalue weighted by Crippen LogP contribution is 2.33. The fourth-order valence-electron chi connectivity index (χ4n) is 3.00. The Balaban J connectivity index is 1.73. The van der Waals surface area contributed by atoms with Gasteiger partial charge in [0.05, 0.1) is 12.2 Å². The molecule has 2 aromatic carbocycles. The molecule has 7 nitrogen and oxygen atoms in total. The average Bonchev–Trinajstić information content (AvgIpc) is 3.13. The second-order valence-corrected chi connectivity index (χ2v) is 7.09. The smallest absolute Gasteiger partial charge is 0.352 e. The van der Waals surface area contributed by atoms with Gasteiger partial charge in [0, 0.05) is 10.2 Å². The summed E-state index contributed by atoms with van der Waals surface area (Å²) >= 11 is 3.39. The quantitative estimate of drug-likeness (QED) is 0.574. The van der Waals surface area contributed by atoms with E-state index < -0.39 is 12.0 Å². The SMILES string of the molecule is O=C(O)C1=C[C@H](c2ccc(Br)cc2)n2ncc(C(=O)Nc3ccccc3)c2N1. The highest BCUT2D eigenvalue weighted by Gasteiger charge is 2.29. The molecule has 0 radical (unpaired) electrons. The lowest BCUT2D eigenvalue weighted by Crippen LogP contribution is -2.25. The Kier molecular flexibility index (Phi) is 4.70. The van der Waals surface area contributed by atoms with Crippen LogP contribution in [0.15, 0.2) is 77.0 Å². The van der Waals surface area contributed by atoms with Gasteiger partial charge in [-0.3, -0.25) is 4.79 Å². The van der Waals surface area contributed by atoms with Crippen LogP contribution in [-0.2, 0) is 4.79 Å². The van der Waals surface area contributed by atoms with E-state index in [4.69, 9.17) is 0 Å². The number of anilines is 2. The topological polar surface area (TPSA) is 96.2 Å². The molecular weight excluding hydrogens is 424 g/mol. The number of fused-ring (bicyclic) bond motifs is 1. The molecule has 0 bridgehead atoms. The zero-order valence-corrected chi connectivity index (χ0v) is 16.1. The molecule has 0 spiro atoms. The first kappa shape index (κ1) is 18.0. The average molecular weight is 439 g/mol. The van der Waals surface area contributed by atoms with Gasteiger partial charge in [0.1, 0.15) is 17.1 Å². The number of rotatable bonds is 4. The monoisotopic (exact) mass is 438 g/mol. The summed E-state index contributed by atoms with van der Waals surface area (Å²) in [5, 5.41) is 19.5. The van der Waals surface area contributed by atoms with Crippen molar-refractivity contribution in [2.24, 2.45) is 0 Å². The molecule has 1 amide bonds. The summed E-state index contributed by atoms with van der Waals surface area (Å²) in [6, 6.07) is 16.1. The molecular formula is C20H15BrN4O3. The minimum Gasteiger partial charge on any atom is -0.477 e. The van der Waals surface area contributed by atoms with Crippen LogP contribution in [0.25, 0.3) is 0 Å². The van der Waals surface area contributed by atoms with Gasteiger partial charge in [-0.1, -0.05) is 46.3 Å². The van der Waals surface area contributed by atoms with Crippen LogP contribution in [0, 0.1) is 0 Å². The number of carbonyl (C=O) groups excluding carboxylic acids is 1. The zero-order chi connectivity index (χ0) is 19.7. The van der Waals surface area contributed by atoms with Crippen molar-refractivity contribution in [1.82, 2.24) is 9.78 Å². The molecule has 3 N–H and O–H groups in total. The predicted octanol–water partition coefficient (Wildman–Crippen LogP) is 3.88. The molecule has 1 aliphatic rings. The molecule has 140 valence electrons. The van der Waals surface area contributed by atoms with Crippen LogP contribution in [0.1, 0.15) is 22.0 Å². The lowest BCUT2D eigenvalue weighted by Gasteiger charge is -2.24. The molecule has 0 unspecified atom stereocenters. The van der Waals surface area contributed by atoms with Crippen LogP contribution in [0.3, 0.4) is 0 Å². The highest BCUT2D eigenvalue weighted by atomic mass is 79.9. The lowest BCUT2D eigenvalue weighted by molar-refractivity contribution is -0.132. The van der Waals surface area contributed by atoms with Crippen molar-refractivity contribution in [3.05, 3.63) is 88.2 Å². The van der Waals surface area contributed by atoms with Crippen LogP contribution >= 0.6 is 15.9 Å². The van der Waals surface area contributed by atoms with Crippen molar-refractivity contribution in [3.8, 4) is 0 Å². The summed E-state index contributed by atoms with van der Waals surface area (Å²) < 4.78 is 2.52. The van der Waals surface area contributed by atoms with E-state index in [0.29, 0.717) is 11.5 Å². The number of nitrogens with zero attached hydrogens (tertiary/aromatic N) is 2. The number of halogens is 1. The van der Waals surface area contributed by atoms with Gasteiger partial charge in [-0.25, -0.2) is 9.48 Å². The zero-order valence-electron chi connectivity index (χ0n) is 14.5. The van der Waals surface area contributed by atoms with Gasteiger partial charge < -0.3 is 15.7 Å². The minimum atomic E-state index is -1.11. The molecule has 3 aromatic rings. The Morgan fingerprint density at radius 1 is 1.11 bits per heavy atom. The third-order valence-electron chi connectivity index (χ3n) is 4.35. The molecule has 0 fully saturated rings. The number of nitrogens with one attached hydrogen (secondary N) is 2. The predicted molar refractivity (Wildman–Crippen MR) is 108 cm³/mol. The van der Waals surface area contributed by atoms with E-state index >= 15 is 0 Å². The number of carboxylic acids is 1. The van der Waals surface area contributed by atoms with Crippen molar-refractivity contribution in [2.45, 2.75) is 6.04 Å². The third-order valence-corrected chi connectivity index (χ3v) is 4.88. The Hall–Kier alpha value is -3.39. The molecule has 1 aromatic heterocycles. The number of carbonyl (C=O) groups is 2. The van der Waals surface area contributed by atoms with Crippen LogP contribution < -0.4 is 10.6 Å². The van der Waals surface area contributed by atoms with Gasteiger partial charge in [-0.2, -0.15) is 5.10 Å². The molecule has 8 heteroatoms. The first-order chi connectivity index (χ1) is 13.5. The summed E-state index contributed by atoms with van der Waals surface area (Å²) in [5.41, 5.74) is 1.75. The molecule has 0 saturated carbocycles. The molecule has 1 aliphatic heterocycles. The molecule has 28 heavy (non-hydrogen) atoms. The molecule has 2 heterocycles. The van der Waals surface area contributed by atoms with Crippen LogP contribution in [0.2, 0.25) is 0 Å². The summed E-state index contributed by atoms with van der Waals surface area (Å²) in [6.07, 6.45) is 3.01. The van der Waals surface area contributed by atoms with E-state index in [0.717, 1.165) is 10.0 Å². The maximum Gasteiger partial charge on any atom is 0.352 e. The Morgan fingerprint density at radius 3 is 2.50 bits per heavy atom. The molecule has 4 rings (SSSR count). The number of benzene rings is 2. The Morgan fingerprint density at radius 2 is 1.82 bits per heavy atom. The molecule has 0 saturated heterocycles. The van der Waals surface area contributed by atoms with E-state index in [1.54, 1.807) is 22.9 Å². The minimum absolute atomic E-state index is 0.00493. The third kappa shape index (κ3) is 3.41. The van der Waals surface area contributed by atoms with Gasteiger partial charge in [-0.05, 0) is 35.9 Å². The van der Waals surface area contributed by atoms with Crippen molar-refractivity contribution < 1.29 is 14.7 Å². The summed E-state index contributed by atoms with van der Waals surface area (Å²) in [5.74, 6) is -1.15. The first-order valence-corrected chi connectivity index (χ1v) is 9.24. The summed E-state index contributed by atoms with van der Waals surface area (Å²) in [6.45, 7) is 0. The van der Waals surface area contributed by atoms with Crippen molar-refractivity contribution >= 4 is 39.3 Å². The van der Waals surface area contributed by atoms with Crippen molar-refractivity contribution in [2.75, 3.05) is 10.6 Å². The number of allylic oxidation sites excluding steroid dienone is 1. The fourth-order valence-corrected chi connectivity index (χ4v) is 3.27. The van der Waals surface area contributed by atoms with Gasteiger partial charge in [0.2, 0.25) is 0 Å². The number of carboxylic acid groups (broad SMARTS) is 1. The number of hydrogen-bond acceptors (Lipinski definition) is 4. The standard InChI is InChI=1S/C20H15BrN4O3/c21-13-8-6-12(7-9-13)17-10-16(20(27)28)24-18-15(11-22-25(17)18)19(26)23-14-4-2-1-3-5-14/h1-11,17,24H,(H,23,26)(H,27,28)/t17-/m1/s1. The van der Waals surface area contributed by atoms with Crippen LogP contribution in [0.4, 0.5) is 11.5 Å². The number of aromatic nitrogens is 2. The summed E-state index contributed by atoms with van der Waals surface area (Å²) in [7, 11) is 0. The van der Waals surface area contributed by atoms with Crippen molar-refractivity contribution in [1.29, 1.82) is 0 Å². The number of aliphatic carboxylic acids is 1. The van der Waals surface area contributed by atoms with Gasteiger partial charge >= 0.3 is 5.97 Å². The molecule has 0 aliphatic carbocycles. The van der Waals surface area contributed by atoms with Gasteiger partial charge in [-0.15, -0.1) is 0 Å². The van der Waals surface area contributed by atoms with E-state index in [-0.39, 0.29) is 17.2 Å². The van der Waals surface area contributed by atoms with Gasteiger partial charge in [0.25, 0.3) is 5.91 Å². The van der Waals surface area contributed by atoms with E-state index in [1.165, 1.54) is 6.20 Å². The number of hydrogen-bond donors (Lipinski definition) is 3. The second-order valence-electron chi connectivity index (χ2n) is 6.18. The number of amides is 1. The normalized spacial score (nSPS) is 15.2. The Labute approximate surface area is 168 Å². The van der Waals surface area contributed by atoms with Crippen LogP contribution in [0.5, 0.6) is 0 Å². The van der Waals surface area contributed by atoms with E-state index in [1.807, 2.05) is 42.5 Å².